The smallest absolute Gasteiger partial charge is 0.303 e. The molecule has 0 saturated heterocycles. The normalized spacial score (nSPS) is 16.6. The van der Waals surface area contributed by atoms with Gasteiger partial charge in [-0.05, 0) is 30.0 Å². The van der Waals surface area contributed by atoms with Gasteiger partial charge in [0.25, 0.3) is 0 Å². The van der Waals surface area contributed by atoms with Crippen LogP contribution >= 0.6 is 15.9 Å². The van der Waals surface area contributed by atoms with Crippen molar-refractivity contribution >= 4 is 21.9 Å². The molecular weight excluding hydrogens is 328 g/mol. The first-order valence-corrected chi connectivity index (χ1v) is 7.25. The summed E-state index contributed by atoms with van der Waals surface area (Å²) >= 11 is 3.40. The lowest BCUT2D eigenvalue weighted by Crippen LogP contribution is -2.16. The van der Waals surface area contributed by atoms with E-state index in [4.69, 9.17) is 14.6 Å². The van der Waals surface area contributed by atoms with Crippen molar-refractivity contribution in [3.8, 4) is 11.5 Å². The van der Waals surface area contributed by atoms with Gasteiger partial charge in [0, 0.05) is 10.9 Å². The number of carbonyl (C=O) groups is 1. The molecule has 2 unspecified atom stereocenters. The third-order valence-corrected chi connectivity index (χ3v) is 3.86. The fourth-order valence-electron chi connectivity index (χ4n) is 2.22. The number of rotatable bonds is 5. The van der Waals surface area contributed by atoms with Gasteiger partial charge in [0.05, 0.1) is 6.10 Å². The molecule has 6 heteroatoms. The second-order valence-electron chi connectivity index (χ2n) is 4.97. The molecule has 1 aromatic carbocycles. The average molecular weight is 345 g/mol. The van der Waals surface area contributed by atoms with Crippen LogP contribution in [0.3, 0.4) is 0 Å². The third kappa shape index (κ3) is 3.64. The van der Waals surface area contributed by atoms with E-state index in [1.54, 1.807) is 12.1 Å². The molecule has 0 saturated carbocycles. The highest BCUT2D eigenvalue weighted by molar-refractivity contribution is 9.10. The van der Waals surface area contributed by atoms with E-state index in [1.165, 1.54) is 0 Å². The molecule has 2 N–H and O–H groups in total. The molecule has 1 aliphatic heterocycles. The first kappa shape index (κ1) is 15.1. The lowest BCUT2D eigenvalue weighted by Gasteiger charge is -2.22. The largest absolute Gasteiger partial charge is 0.486 e. The Morgan fingerprint density at radius 2 is 1.95 bits per heavy atom. The van der Waals surface area contributed by atoms with E-state index < -0.39 is 12.1 Å². The molecule has 1 heterocycles. The standard InChI is InChI=1S/C14H17BrO5/c1-8(5-14(17)18)4-11(16)9-6-12-13(7-10(9)15)20-3-2-19-12/h6-8,11,16H,2-5H2,1H3,(H,17,18). The summed E-state index contributed by atoms with van der Waals surface area (Å²) in [5, 5.41) is 19.0. The van der Waals surface area contributed by atoms with E-state index in [9.17, 15) is 9.90 Å². The fraction of sp³-hybridized carbons (Fsp3) is 0.500. The molecular formula is C14H17BrO5. The second-order valence-corrected chi connectivity index (χ2v) is 5.83. The number of benzene rings is 1. The van der Waals surface area contributed by atoms with Gasteiger partial charge in [0.2, 0.25) is 0 Å². The summed E-state index contributed by atoms with van der Waals surface area (Å²) < 4.78 is 11.7. The van der Waals surface area contributed by atoms with Gasteiger partial charge in [-0.2, -0.15) is 0 Å². The Balaban J connectivity index is 2.13. The predicted octanol–water partition coefficient (Wildman–Crippen LogP) is 2.75. The summed E-state index contributed by atoms with van der Waals surface area (Å²) in [6.45, 7) is 2.81. The minimum atomic E-state index is -0.856. The van der Waals surface area contributed by atoms with Crippen LogP contribution < -0.4 is 9.47 Å². The number of aliphatic carboxylic acids is 1. The van der Waals surface area contributed by atoms with Crippen LogP contribution in [0.5, 0.6) is 11.5 Å². The molecule has 110 valence electrons. The van der Waals surface area contributed by atoms with E-state index in [0.717, 1.165) is 4.47 Å². The average Bonchev–Trinajstić information content (AvgIpc) is 2.36. The quantitative estimate of drug-likeness (QED) is 0.858. The third-order valence-electron chi connectivity index (χ3n) is 3.17. The Kier molecular flexibility index (Phi) is 4.88. The van der Waals surface area contributed by atoms with Crippen LogP contribution in [0.25, 0.3) is 0 Å². The van der Waals surface area contributed by atoms with Crippen molar-refractivity contribution in [3.63, 3.8) is 0 Å². The molecule has 0 amide bonds. The van der Waals surface area contributed by atoms with Crippen molar-refractivity contribution in [2.45, 2.75) is 25.9 Å². The zero-order chi connectivity index (χ0) is 14.7. The fourth-order valence-corrected chi connectivity index (χ4v) is 2.81. The number of halogens is 1. The first-order valence-electron chi connectivity index (χ1n) is 6.46. The number of aliphatic hydroxyl groups excluding tert-OH is 1. The van der Waals surface area contributed by atoms with Crippen LogP contribution in [0.1, 0.15) is 31.4 Å². The maximum atomic E-state index is 10.7. The summed E-state index contributed by atoms with van der Waals surface area (Å²) in [6.07, 6.45) is -0.321. The summed E-state index contributed by atoms with van der Waals surface area (Å²) in [7, 11) is 0. The summed E-state index contributed by atoms with van der Waals surface area (Å²) in [5.74, 6) is 0.297. The Bertz CT molecular complexity index is 503. The molecule has 0 aliphatic carbocycles. The number of carboxylic acids is 1. The number of fused-ring (bicyclic) bond motifs is 1. The molecule has 0 fully saturated rings. The maximum Gasteiger partial charge on any atom is 0.303 e. The topological polar surface area (TPSA) is 76.0 Å². The zero-order valence-corrected chi connectivity index (χ0v) is 12.7. The molecule has 0 radical (unpaired) electrons. The molecule has 2 atom stereocenters. The minimum absolute atomic E-state index is 0.0409. The highest BCUT2D eigenvalue weighted by Crippen LogP contribution is 2.39. The van der Waals surface area contributed by atoms with E-state index in [-0.39, 0.29) is 12.3 Å². The highest BCUT2D eigenvalue weighted by atomic mass is 79.9. The maximum absolute atomic E-state index is 10.7. The number of aliphatic hydroxyl groups is 1. The molecule has 1 aliphatic rings. The summed E-state index contributed by atoms with van der Waals surface area (Å²) in [5.41, 5.74) is 0.687. The first-order chi connectivity index (χ1) is 9.47. The monoisotopic (exact) mass is 344 g/mol. The van der Waals surface area contributed by atoms with Gasteiger partial charge in [-0.15, -0.1) is 0 Å². The van der Waals surface area contributed by atoms with Crippen molar-refractivity contribution in [1.82, 2.24) is 0 Å². The Morgan fingerprint density at radius 1 is 1.35 bits per heavy atom. The number of ether oxygens (including phenoxy) is 2. The van der Waals surface area contributed by atoms with E-state index in [2.05, 4.69) is 15.9 Å². The van der Waals surface area contributed by atoms with Gasteiger partial charge in [0.1, 0.15) is 13.2 Å². The lowest BCUT2D eigenvalue weighted by atomic mass is 9.95. The van der Waals surface area contributed by atoms with Crippen molar-refractivity contribution < 1.29 is 24.5 Å². The predicted molar refractivity (Wildman–Crippen MR) is 76.1 cm³/mol. The molecule has 0 aromatic heterocycles. The highest BCUT2D eigenvalue weighted by Gasteiger charge is 2.21. The number of carboxylic acid groups (broad SMARTS) is 1. The molecule has 1 aromatic rings. The number of hydrogen-bond donors (Lipinski definition) is 2. The van der Waals surface area contributed by atoms with Gasteiger partial charge in [-0.3, -0.25) is 4.79 Å². The van der Waals surface area contributed by atoms with Crippen LogP contribution in [0, 0.1) is 5.92 Å². The SMILES string of the molecule is CC(CC(=O)O)CC(O)c1cc2c(cc1Br)OCCO2. The molecule has 2 rings (SSSR count). The lowest BCUT2D eigenvalue weighted by molar-refractivity contribution is -0.138. The Morgan fingerprint density at radius 3 is 2.55 bits per heavy atom. The van der Waals surface area contributed by atoms with Crippen LogP contribution in [-0.4, -0.2) is 29.4 Å². The van der Waals surface area contributed by atoms with Gasteiger partial charge >= 0.3 is 5.97 Å². The molecule has 20 heavy (non-hydrogen) atoms. The van der Waals surface area contributed by atoms with E-state index >= 15 is 0 Å². The van der Waals surface area contributed by atoms with Crippen molar-refractivity contribution in [3.05, 3.63) is 22.2 Å². The molecule has 5 nitrogen and oxygen atoms in total. The van der Waals surface area contributed by atoms with Gasteiger partial charge < -0.3 is 19.7 Å². The minimum Gasteiger partial charge on any atom is -0.486 e. The molecule has 0 bridgehead atoms. The van der Waals surface area contributed by atoms with Crippen LogP contribution in [-0.2, 0) is 4.79 Å². The van der Waals surface area contributed by atoms with Crippen molar-refractivity contribution in [1.29, 1.82) is 0 Å². The molecule has 0 spiro atoms. The number of hydrogen-bond acceptors (Lipinski definition) is 4. The van der Waals surface area contributed by atoms with E-state index in [0.29, 0.717) is 36.7 Å². The Hall–Kier alpha value is -1.27. The summed E-state index contributed by atoms with van der Waals surface area (Å²) in [4.78, 5) is 10.7. The van der Waals surface area contributed by atoms with Crippen LogP contribution in [0.2, 0.25) is 0 Å². The Labute approximate surface area is 125 Å². The summed E-state index contributed by atoms with van der Waals surface area (Å²) in [6, 6.07) is 3.52. The van der Waals surface area contributed by atoms with Crippen molar-refractivity contribution in [2.24, 2.45) is 5.92 Å². The van der Waals surface area contributed by atoms with Gasteiger partial charge in [-0.1, -0.05) is 22.9 Å². The van der Waals surface area contributed by atoms with Crippen molar-refractivity contribution in [2.75, 3.05) is 13.2 Å². The van der Waals surface area contributed by atoms with Gasteiger partial charge in [-0.25, -0.2) is 0 Å². The van der Waals surface area contributed by atoms with E-state index in [1.807, 2.05) is 6.92 Å². The van der Waals surface area contributed by atoms with Gasteiger partial charge in [0.15, 0.2) is 11.5 Å². The zero-order valence-electron chi connectivity index (χ0n) is 11.1. The van der Waals surface area contributed by atoms with Crippen LogP contribution in [0.15, 0.2) is 16.6 Å². The van der Waals surface area contributed by atoms with Crippen LogP contribution in [0.4, 0.5) is 0 Å². The second kappa shape index (κ2) is 6.45.